The lowest BCUT2D eigenvalue weighted by atomic mass is 10.1. The molecule has 0 saturated carbocycles. The molecular formula is C30H29N3O5S. The van der Waals surface area contributed by atoms with Crippen molar-refractivity contribution < 1.29 is 22.7 Å². The molecule has 0 unspecified atom stereocenters. The van der Waals surface area contributed by atoms with Gasteiger partial charge in [-0.3, -0.25) is 10.1 Å². The summed E-state index contributed by atoms with van der Waals surface area (Å²) >= 11 is 0. The molecule has 0 spiro atoms. The summed E-state index contributed by atoms with van der Waals surface area (Å²) < 4.78 is 32.6. The summed E-state index contributed by atoms with van der Waals surface area (Å²) in [4.78, 5) is 24.8. The van der Waals surface area contributed by atoms with Crippen LogP contribution in [-0.4, -0.2) is 30.0 Å². The van der Waals surface area contributed by atoms with Crippen molar-refractivity contribution in [2.45, 2.75) is 31.3 Å². The van der Waals surface area contributed by atoms with Crippen molar-refractivity contribution in [1.29, 1.82) is 0 Å². The zero-order chi connectivity index (χ0) is 28.0. The Balaban J connectivity index is 1.42. The minimum atomic E-state index is -3.80. The van der Waals surface area contributed by atoms with E-state index >= 15 is 0 Å². The van der Waals surface area contributed by atoms with E-state index < -0.39 is 27.6 Å². The van der Waals surface area contributed by atoms with Crippen LogP contribution in [0.25, 0.3) is 17.2 Å². The first-order valence-corrected chi connectivity index (χ1v) is 13.6. The van der Waals surface area contributed by atoms with E-state index in [-0.39, 0.29) is 4.90 Å². The maximum absolute atomic E-state index is 13.1. The van der Waals surface area contributed by atoms with Crippen LogP contribution in [0.3, 0.4) is 0 Å². The van der Waals surface area contributed by atoms with Crippen molar-refractivity contribution >= 4 is 39.5 Å². The smallest absolute Gasteiger partial charge is 0.412 e. The van der Waals surface area contributed by atoms with E-state index in [1.54, 1.807) is 75.4 Å². The van der Waals surface area contributed by atoms with Crippen LogP contribution in [-0.2, 0) is 19.6 Å². The number of anilines is 2. The van der Waals surface area contributed by atoms with Gasteiger partial charge in [0, 0.05) is 18.5 Å². The molecule has 1 heterocycles. The van der Waals surface area contributed by atoms with E-state index in [2.05, 4.69) is 10.6 Å². The first-order chi connectivity index (χ1) is 18.5. The third kappa shape index (κ3) is 7.24. The second-order valence-electron chi connectivity index (χ2n) is 9.67. The zero-order valence-electron chi connectivity index (χ0n) is 21.8. The first kappa shape index (κ1) is 27.4. The lowest BCUT2D eigenvalue weighted by Crippen LogP contribution is -2.27. The third-order valence-corrected chi connectivity index (χ3v) is 7.12. The number of hydrogen-bond donors (Lipinski definition) is 2. The van der Waals surface area contributed by atoms with E-state index in [1.807, 2.05) is 30.3 Å². The fourth-order valence-electron chi connectivity index (χ4n) is 3.67. The molecule has 200 valence electrons. The molecule has 0 bridgehead atoms. The van der Waals surface area contributed by atoms with Crippen molar-refractivity contribution in [3.05, 3.63) is 109 Å². The van der Waals surface area contributed by atoms with E-state index in [1.165, 1.54) is 24.5 Å². The predicted molar refractivity (Wildman–Crippen MR) is 153 cm³/mol. The van der Waals surface area contributed by atoms with Crippen LogP contribution in [0.5, 0.6) is 0 Å². The lowest BCUT2D eigenvalue weighted by Gasteiger charge is -2.20. The summed E-state index contributed by atoms with van der Waals surface area (Å²) in [5.74, 6) is -0.458. The van der Waals surface area contributed by atoms with Crippen LogP contribution in [0.15, 0.2) is 108 Å². The maximum atomic E-state index is 13.1. The molecule has 39 heavy (non-hydrogen) atoms. The van der Waals surface area contributed by atoms with Gasteiger partial charge in [-0.1, -0.05) is 54.6 Å². The van der Waals surface area contributed by atoms with Crippen LogP contribution >= 0.6 is 0 Å². The first-order valence-electron chi connectivity index (χ1n) is 12.2. The van der Waals surface area contributed by atoms with E-state index in [4.69, 9.17) is 4.74 Å². The monoisotopic (exact) mass is 543 g/mol. The highest BCUT2D eigenvalue weighted by molar-refractivity contribution is 7.90. The number of nitrogens with zero attached hydrogens (tertiary/aromatic N) is 1. The molecule has 0 atom stereocenters. The van der Waals surface area contributed by atoms with Gasteiger partial charge < -0.3 is 10.1 Å². The Morgan fingerprint density at radius 2 is 1.38 bits per heavy atom. The Labute approximate surface area is 228 Å². The Morgan fingerprint density at radius 1 is 0.795 bits per heavy atom. The minimum Gasteiger partial charge on any atom is -0.444 e. The summed E-state index contributed by atoms with van der Waals surface area (Å²) in [6, 6.07) is 24.7. The van der Waals surface area contributed by atoms with E-state index in [0.29, 0.717) is 16.9 Å². The molecule has 4 aromatic rings. The van der Waals surface area contributed by atoms with Gasteiger partial charge in [0.25, 0.3) is 10.0 Å². The normalized spacial score (nSPS) is 11.8. The molecule has 8 nitrogen and oxygen atoms in total. The Kier molecular flexibility index (Phi) is 8.01. The Morgan fingerprint density at radius 3 is 2.03 bits per heavy atom. The predicted octanol–water partition coefficient (Wildman–Crippen LogP) is 6.39. The number of carbonyl (C=O) groups is 2. The topological polar surface area (TPSA) is 106 Å². The molecular weight excluding hydrogens is 514 g/mol. The van der Waals surface area contributed by atoms with Gasteiger partial charge in [0.05, 0.1) is 16.3 Å². The molecule has 2 N–H and O–H groups in total. The largest absolute Gasteiger partial charge is 0.444 e. The molecule has 9 heteroatoms. The van der Waals surface area contributed by atoms with Crippen molar-refractivity contribution in [3.8, 4) is 11.1 Å². The fraction of sp³-hybridized carbons (Fsp3) is 0.133. The van der Waals surface area contributed by atoms with Crippen LogP contribution in [0.4, 0.5) is 16.2 Å². The van der Waals surface area contributed by atoms with Crippen LogP contribution < -0.4 is 10.6 Å². The summed E-state index contributed by atoms with van der Waals surface area (Å²) in [6.45, 7) is 5.27. The number of carbonyl (C=O) groups excluding carboxylic acids is 2. The molecule has 0 aliphatic carbocycles. The van der Waals surface area contributed by atoms with Crippen molar-refractivity contribution in [3.63, 3.8) is 0 Å². The second kappa shape index (κ2) is 11.4. The number of nitrogens with one attached hydrogen (secondary N) is 2. The van der Waals surface area contributed by atoms with E-state index in [9.17, 15) is 18.0 Å². The average molecular weight is 544 g/mol. The Bertz CT molecular complexity index is 1600. The van der Waals surface area contributed by atoms with Crippen LogP contribution in [0.1, 0.15) is 26.3 Å². The maximum Gasteiger partial charge on any atom is 0.412 e. The number of amides is 2. The quantitative estimate of drug-likeness (QED) is 0.263. The third-order valence-electron chi connectivity index (χ3n) is 5.47. The van der Waals surface area contributed by atoms with Gasteiger partial charge in [-0.15, -0.1) is 0 Å². The van der Waals surface area contributed by atoms with Gasteiger partial charge in [0.1, 0.15) is 5.60 Å². The van der Waals surface area contributed by atoms with E-state index in [0.717, 1.165) is 15.1 Å². The van der Waals surface area contributed by atoms with Gasteiger partial charge in [0.2, 0.25) is 5.91 Å². The fourth-order valence-corrected chi connectivity index (χ4v) is 4.88. The lowest BCUT2D eigenvalue weighted by molar-refractivity contribution is -0.111. The van der Waals surface area contributed by atoms with Gasteiger partial charge in [-0.2, -0.15) is 0 Å². The average Bonchev–Trinajstić information content (AvgIpc) is 3.38. The van der Waals surface area contributed by atoms with Crippen LogP contribution in [0, 0.1) is 0 Å². The summed E-state index contributed by atoms with van der Waals surface area (Å²) in [5.41, 5.74) is 2.53. The molecule has 3 aromatic carbocycles. The molecule has 2 amide bonds. The SMILES string of the molecule is CC(C)(C)OC(=O)Nc1ccccc1NC(=O)/C=C/c1ccn(S(=O)(=O)c2ccc(-c3ccccc3)cc2)c1. The number of para-hydroxylation sites is 2. The molecule has 0 aliphatic heterocycles. The molecule has 0 radical (unpaired) electrons. The van der Waals surface area contributed by atoms with Gasteiger partial charge in [0.15, 0.2) is 0 Å². The van der Waals surface area contributed by atoms with Gasteiger partial charge in [-0.05, 0) is 73.9 Å². The second-order valence-corrected chi connectivity index (χ2v) is 11.5. The van der Waals surface area contributed by atoms with Gasteiger partial charge >= 0.3 is 6.09 Å². The minimum absolute atomic E-state index is 0.153. The highest BCUT2D eigenvalue weighted by Gasteiger charge is 2.18. The molecule has 1 aromatic heterocycles. The number of benzene rings is 3. The molecule has 0 aliphatic rings. The molecule has 0 saturated heterocycles. The highest BCUT2D eigenvalue weighted by atomic mass is 32.2. The summed E-state index contributed by atoms with van der Waals surface area (Å²) in [6.07, 6.45) is 5.01. The van der Waals surface area contributed by atoms with Crippen molar-refractivity contribution in [2.75, 3.05) is 10.6 Å². The van der Waals surface area contributed by atoms with Crippen LogP contribution in [0.2, 0.25) is 0 Å². The standard InChI is InChI=1S/C30H29N3O5S/c1-30(2,3)38-29(35)32-27-12-8-7-11-26(27)31-28(34)18-13-22-19-20-33(21-22)39(36,37)25-16-14-24(15-17-25)23-9-5-4-6-10-23/h4-21H,1-3H3,(H,31,34)(H,32,35)/b18-13+. The van der Waals surface area contributed by atoms with Crippen molar-refractivity contribution in [1.82, 2.24) is 3.97 Å². The van der Waals surface area contributed by atoms with Crippen molar-refractivity contribution in [2.24, 2.45) is 0 Å². The number of ether oxygens (including phenoxy) is 1. The molecule has 0 fully saturated rings. The molecule has 4 rings (SSSR count). The number of hydrogen-bond acceptors (Lipinski definition) is 5. The van der Waals surface area contributed by atoms with Gasteiger partial charge in [-0.25, -0.2) is 17.2 Å². The number of aromatic nitrogens is 1. The Hall–Kier alpha value is -4.63. The zero-order valence-corrected chi connectivity index (χ0v) is 22.6. The summed E-state index contributed by atoms with van der Waals surface area (Å²) in [7, 11) is -3.80. The number of rotatable bonds is 7. The highest BCUT2D eigenvalue weighted by Crippen LogP contribution is 2.24. The summed E-state index contributed by atoms with van der Waals surface area (Å²) in [5, 5.41) is 5.33.